The van der Waals surface area contributed by atoms with Gasteiger partial charge in [0.15, 0.2) is 6.61 Å². The fourth-order valence-electron chi connectivity index (χ4n) is 4.04. The molecule has 0 radical (unpaired) electrons. The summed E-state index contributed by atoms with van der Waals surface area (Å²) >= 11 is 0. The van der Waals surface area contributed by atoms with Gasteiger partial charge in [-0.05, 0) is 49.1 Å². The highest BCUT2D eigenvalue weighted by molar-refractivity contribution is 5.59. The standard InChI is InChI=1S/C23H26F3NO4/c1-29-20-7-4-8-21(30-2)22(20)19-6-3-5-17(14-28)27(19)13-16-9-11-18(12-10-16)31-15-23(24,25)26/h4,7-12,14,17,19H,3,5-6,13,15H2,1-2H3. The van der Waals surface area contributed by atoms with Crippen LogP contribution in [-0.4, -0.2) is 44.2 Å². The molecule has 8 heteroatoms. The van der Waals surface area contributed by atoms with Gasteiger partial charge in [0, 0.05) is 12.6 Å². The molecule has 0 N–H and O–H groups in total. The fraction of sp³-hybridized carbons (Fsp3) is 0.435. The highest BCUT2D eigenvalue weighted by Gasteiger charge is 2.35. The van der Waals surface area contributed by atoms with Crippen LogP contribution in [0.2, 0.25) is 0 Å². The molecule has 0 spiro atoms. The Morgan fingerprint density at radius 3 is 2.23 bits per heavy atom. The zero-order chi connectivity index (χ0) is 22.4. The lowest BCUT2D eigenvalue weighted by Crippen LogP contribution is -2.42. The van der Waals surface area contributed by atoms with Crippen LogP contribution in [0.1, 0.15) is 36.4 Å². The Labute approximate surface area is 179 Å². The second kappa shape index (κ2) is 10.0. The van der Waals surface area contributed by atoms with Crippen LogP contribution in [0.4, 0.5) is 13.2 Å². The Hall–Kier alpha value is -2.74. The normalized spacial score (nSPS) is 19.6. The summed E-state index contributed by atoms with van der Waals surface area (Å²) in [5.74, 6) is 1.53. The highest BCUT2D eigenvalue weighted by atomic mass is 19.4. The lowest BCUT2D eigenvalue weighted by molar-refractivity contribution is -0.153. The van der Waals surface area contributed by atoms with Crippen molar-refractivity contribution in [2.45, 2.75) is 44.1 Å². The minimum atomic E-state index is -4.38. The van der Waals surface area contributed by atoms with Crippen molar-refractivity contribution in [3.05, 3.63) is 53.6 Å². The smallest absolute Gasteiger partial charge is 0.422 e. The van der Waals surface area contributed by atoms with Gasteiger partial charge in [-0.15, -0.1) is 0 Å². The van der Waals surface area contributed by atoms with Crippen LogP contribution in [0.5, 0.6) is 17.2 Å². The maximum absolute atomic E-state index is 12.4. The van der Waals surface area contributed by atoms with Crippen molar-refractivity contribution < 1.29 is 32.2 Å². The van der Waals surface area contributed by atoms with E-state index in [-0.39, 0.29) is 17.8 Å². The summed E-state index contributed by atoms with van der Waals surface area (Å²) in [6, 6.07) is 11.7. The SMILES string of the molecule is COc1cccc(OC)c1C1CCCC(C=O)N1Cc1ccc(OCC(F)(F)F)cc1. The van der Waals surface area contributed by atoms with E-state index in [2.05, 4.69) is 4.90 Å². The molecule has 2 aromatic carbocycles. The van der Waals surface area contributed by atoms with Gasteiger partial charge in [0.05, 0.1) is 25.8 Å². The van der Waals surface area contributed by atoms with E-state index in [9.17, 15) is 18.0 Å². The minimum Gasteiger partial charge on any atom is -0.496 e. The van der Waals surface area contributed by atoms with E-state index in [1.54, 1.807) is 26.4 Å². The Bertz CT molecular complexity index is 848. The van der Waals surface area contributed by atoms with Gasteiger partial charge < -0.3 is 19.0 Å². The number of rotatable bonds is 8. The Kier molecular flexibility index (Phi) is 7.43. The predicted octanol–water partition coefficient (Wildman–Crippen LogP) is 4.94. The molecule has 1 saturated heterocycles. The number of benzene rings is 2. The number of hydrogen-bond acceptors (Lipinski definition) is 5. The number of carbonyl (C=O) groups excluding carboxylic acids is 1. The number of carbonyl (C=O) groups is 1. The highest BCUT2D eigenvalue weighted by Crippen LogP contribution is 2.43. The summed E-state index contributed by atoms with van der Waals surface area (Å²) in [7, 11) is 3.20. The van der Waals surface area contributed by atoms with Crippen molar-refractivity contribution in [3.63, 3.8) is 0 Å². The van der Waals surface area contributed by atoms with Gasteiger partial charge in [0.2, 0.25) is 0 Å². The summed E-state index contributed by atoms with van der Waals surface area (Å²) in [5, 5.41) is 0. The zero-order valence-electron chi connectivity index (χ0n) is 17.5. The van der Waals surface area contributed by atoms with Crippen LogP contribution in [0, 0.1) is 0 Å². The second-order valence-electron chi connectivity index (χ2n) is 7.45. The largest absolute Gasteiger partial charge is 0.496 e. The van der Waals surface area contributed by atoms with E-state index in [1.807, 2.05) is 18.2 Å². The number of hydrogen-bond donors (Lipinski definition) is 0. The Morgan fingerprint density at radius 1 is 1.03 bits per heavy atom. The van der Waals surface area contributed by atoms with Crippen LogP contribution in [0.15, 0.2) is 42.5 Å². The Morgan fingerprint density at radius 2 is 1.68 bits per heavy atom. The van der Waals surface area contributed by atoms with E-state index < -0.39 is 12.8 Å². The first-order chi connectivity index (χ1) is 14.9. The first-order valence-corrected chi connectivity index (χ1v) is 10.1. The number of aldehydes is 1. The molecule has 0 aromatic heterocycles. The number of ether oxygens (including phenoxy) is 3. The molecule has 2 aromatic rings. The van der Waals surface area contributed by atoms with Crippen LogP contribution in [0.25, 0.3) is 0 Å². The fourth-order valence-corrected chi connectivity index (χ4v) is 4.04. The first kappa shape index (κ1) is 22.9. The maximum atomic E-state index is 12.4. The molecule has 0 amide bonds. The molecule has 0 saturated carbocycles. The number of methoxy groups -OCH3 is 2. The molecule has 31 heavy (non-hydrogen) atoms. The summed E-state index contributed by atoms with van der Waals surface area (Å²) < 4.78 is 53.0. The van der Waals surface area contributed by atoms with Gasteiger partial charge in [-0.1, -0.05) is 18.2 Å². The molecule has 0 bridgehead atoms. The molecule has 1 aliphatic rings. The molecule has 1 aliphatic heterocycles. The average Bonchev–Trinajstić information content (AvgIpc) is 2.77. The van der Waals surface area contributed by atoms with E-state index >= 15 is 0 Å². The molecular formula is C23H26F3NO4. The van der Waals surface area contributed by atoms with Gasteiger partial charge in [0.1, 0.15) is 23.5 Å². The van der Waals surface area contributed by atoms with Crippen molar-refractivity contribution >= 4 is 6.29 Å². The third-order valence-corrected chi connectivity index (χ3v) is 5.45. The molecule has 3 rings (SSSR count). The molecule has 2 unspecified atom stereocenters. The van der Waals surface area contributed by atoms with Crippen LogP contribution >= 0.6 is 0 Å². The van der Waals surface area contributed by atoms with E-state index in [4.69, 9.17) is 14.2 Å². The monoisotopic (exact) mass is 437 g/mol. The number of halogens is 3. The van der Waals surface area contributed by atoms with Gasteiger partial charge in [-0.25, -0.2) is 0 Å². The average molecular weight is 437 g/mol. The van der Waals surface area contributed by atoms with Crippen LogP contribution in [0.3, 0.4) is 0 Å². The van der Waals surface area contributed by atoms with Crippen LogP contribution in [-0.2, 0) is 11.3 Å². The quantitative estimate of drug-likeness (QED) is 0.548. The van der Waals surface area contributed by atoms with Gasteiger partial charge >= 0.3 is 6.18 Å². The third kappa shape index (κ3) is 5.70. The van der Waals surface area contributed by atoms with Crippen molar-refractivity contribution in [1.82, 2.24) is 4.90 Å². The second-order valence-corrected chi connectivity index (χ2v) is 7.45. The number of nitrogens with zero attached hydrogens (tertiary/aromatic N) is 1. The van der Waals surface area contributed by atoms with Gasteiger partial charge in [-0.2, -0.15) is 13.2 Å². The van der Waals surface area contributed by atoms with Gasteiger partial charge in [0.25, 0.3) is 0 Å². The third-order valence-electron chi connectivity index (χ3n) is 5.45. The number of piperidine rings is 1. The van der Waals surface area contributed by atoms with E-state index in [0.29, 0.717) is 18.0 Å². The predicted molar refractivity (Wildman–Crippen MR) is 110 cm³/mol. The lowest BCUT2D eigenvalue weighted by atomic mass is 9.89. The van der Waals surface area contributed by atoms with Crippen molar-refractivity contribution in [1.29, 1.82) is 0 Å². The summed E-state index contributed by atoms with van der Waals surface area (Å²) in [5.41, 5.74) is 1.76. The summed E-state index contributed by atoms with van der Waals surface area (Å²) in [6.45, 7) is -0.879. The molecular weight excluding hydrogens is 411 g/mol. The number of likely N-dealkylation sites (tertiary alicyclic amines) is 1. The number of alkyl halides is 3. The van der Waals surface area contributed by atoms with Gasteiger partial charge in [-0.3, -0.25) is 4.90 Å². The van der Waals surface area contributed by atoms with E-state index in [0.717, 1.165) is 36.7 Å². The first-order valence-electron chi connectivity index (χ1n) is 10.1. The topological polar surface area (TPSA) is 48.0 Å². The Balaban J connectivity index is 1.86. The maximum Gasteiger partial charge on any atom is 0.422 e. The molecule has 5 nitrogen and oxygen atoms in total. The molecule has 1 heterocycles. The molecule has 168 valence electrons. The summed E-state index contributed by atoms with van der Waals surface area (Å²) in [6.07, 6.45) is -0.979. The summed E-state index contributed by atoms with van der Waals surface area (Å²) in [4.78, 5) is 13.9. The molecule has 2 atom stereocenters. The lowest BCUT2D eigenvalue weighted by Gasteiger charge is -2.41. The van der Waals surface area contributed by atoms with Crippen molar-refractivity contribution in [2.75, 3.05) is 20.8 Å². The minimum absolute atomic E-state index is 0.101. The van der Waals surface area contributed by atoms with E-state index in [1.165, 1.54) is 12.1 Å². The van der Waals surface area contributed by atoms with Crippen molar-refractivity contribution in [3.8, 4) is 17.2 Å². The molecule has 0 aliphatic carbocycles. The van der Waals surface area contributed by atoms with Crippen LogP contribution < -0.4 is 14.2 Å². The van der Waals surface area contributed by atoms with Crippen molar-refractivity contribution in [2.24, 2.45) is 0 Å². The molecule has 1 fully saturated rings. The zero-order valence-corrected chi connectivity index (χ0v) is 17.5.